The molecule has 1 aliphatic rings. The summed E-state index contributed by atoms with van der Waals surface area (Å²) in [4.78, 5) is 35.7. The van der Waals surface area contributed by atoms with Crippen LogP contribution in [0.15, 0.2) is 18.2 Å². The molecule has 154 valence electrons. The molecule has 1 aromatic rings. The summed E-state index contributed by atoms with van der Waals surface area (Å²) in [6, 6.07) is 5.15. The van der Waals surface area contributed by atoms with E-state index in [4.69, 9.17) is 14.2 Å². The minimum absolute atomic E-state index is 0.0578. The number of carbonyl (C=O) groups excluding carboxylic acids is 3. The predicted octanol–water partition coefficient (Wildman–Crippen LogP) is 2.41. The van der Waals surface area contributed by atoms with E-state index in [1.54, 1.807) is 18.2 Å². The summed E-state index contributed by atoms with van der Waals surface area (Å²) < 4.78 is 15.2. The Morgan fingerprint density at radius 2 is 1.75 bits per heavy atom. The zero-order chi connectivity index (χ0) is 20.4. The van der Waals surface area contributed by atoms with E-state index in [0.29, 0.717) is 17.2 Å². The molecule has 28 heavy (non-hydrogen) atoms. The normalized spacial score (nSPS) is 14.1. The summed E-state index contributed by atoms with van der Waals surface area (Å²) in [5.74, 6) is -0.221. The molecule has 1 aromatic carbocycles. The number of nitrogens with one attached hydrogen (secondary N) is 2. The van der Waals surface area contributed by atoms with E-state index < -0.39 is 18.5 Å². The highest BCUT2D eigenvalue weighted by atomic mass is 16.5. The van der Waals surface area contributed by atoms with Gasteiger partial charge in [0.15, 0.2) is 6.61 Å². The molecule has 0 unspecified atom stereocenters. The molecule has 0 aromatic heterocycles. The number of amides is 2. The Balaban J connectivity index is 1.69. The van der Waals surface area contributed by atoms with Gasteiger partial charge in [0.2, 0.25) is 5.91 Å². The highest BCUT2D eigenvalue weighted by Crippen LogP contribution is 2.28. The van der Waals surface area contributed by atoms with E-state index in [2.05, 4.69) is 10.6 Å². The van der Waals surface area contributed by atoms with Gasteiger partial charge < -0.3 is 24.8 Å². The second-order valence-electron chi connectivity index (χ2n) is 6.68. The molecule has 8 nitrogen and oxygen atoms in total. The van der Waals surface area contributed by atoms with E-state index in [1.165, 1.54) is 20.6 Å². The van der Waals surface area contributed by atoms with Gasteiger partial charge in [-0.2, -0.15) is 0 Å². The fraction of sp³-hybridized carbons (Fsp3) is 0.550. The van der Waals surface area contributed by atoms with Crippen LogP contribution in [0.1, 0.15) is 44.9 Å². The molecule has 0 spiro atoms. The third kappa shape index (κ3) is 7.09. The van der Waals surface area contributed by atoms with Gasteiger partial charge in [-0.25, -0.2) is 0 Å². The molecule has 0 atom stereocenters. The second kappa shape index (κ2) is 11.2. The SMILES string of the molecule is COc1ccc(NC(=O)COC(=O)CCC(=O)NC2CCCCC2)c(OC)c1. The van der Waals surface area contributed by atoms with Gasteiger partial charge in [0.1, 0.15) is 11.5 Å². The van der Waals surface area contributed by atoms with Gasteiger partial charge in [0, 0.05) is 18.5 Å². The van der Waals surface area contributed by atoms with Crippen LogP contribution in [-0.2, 0) is 19.1 Å². The number of hydrogen-bond acceptors (Lipinski definition) is 6. The zero-order valence-corrected chi connectivity index (χ0v) is 16.4. The maximum atomic E-state index is 12.0. The number of ether oxygens (including phenoxy) is 3. The maximum absolute atomic E-state index is 12.0. The third-order valence-electron chi connectivity index (χ3n) is 4.57. The third-order valence-corrected chi connectivity index (χ3v) is 4.57. The van der Waals surface area contributed by atoms with Gasteiger partial charge in [0.05, 0.1) is 26.3 Å². The molecule has 2 amide bonds. The highest BCUT2D eigenvalue weighted by molar-refractivity contribution is 5.94. The Kier molecular flexibility index (Phi) is 8.58. The van der Waals surface area contributed by atoms with Crippen molar-refractivity contribution in [1.82, 2.24) is 5.32 Å². The van der Waals surface area contributed by atoms with Crippen molar-refractivity contribution >= 4 is 23.5 Å². The number of anilines is 1. The molecular formula is C20H28N2O6. The molecule has 0 radical (unpaired) electrons. The molecular weight excluding hydrogens is 364 g/mol. The molecule has 0 heterocycles. The molecule has 0 saturated heterocycles. The Morgan fingerprint density at radius 1 is 1.00 bits per heavy atom. The fourth-order valence-electron chi connectivity index (χ4n) is 3.07. The van der Waals surface area contributed by atoms with Crippen molar-refractivity contribution < 1.29 is 28.6 Å². The van der Waals surface area contributed by atoms with E-state index in [0.717, 1.165) is 25.7 Å². The minimum Gasteiger partial charge on any atom is -0.497 e. The smallest absolute Gasteiger partial charge is 0.306 e. The Labute approximate surface area is 164 Å². The van der Waals surface area contributed by atoms with Crippen molar-refractivity contribution in [2.24, 2.45) is 0 Å². The summed E-state index contributed by atoms with van der Waals surface area (Å²) in [5.41, 5.74) is 0.441. The van der Waals surface area contributed by atoms with Crippen LogP contribution in [0, 0.1) is 0 Å². The second-order valence-corrected chi connectivity index (χ2v) is 6.68. The van der Waals surface area contributed by atoms with Gasteiger partial charge in [-0.1, -0.05) is 19.3 Å². The average molecular weight is 392 g/mol. The summed E-state index contributed by atoms with van der Waals surface area (Å²) in [7, 11) is 3.00. The molecule has 0 bridgehead atoms. The molecule has 2 N–H and O–H groups in total. The van der Waals surface area contributed by atoms with Crippen molar-refractivity contribution in [3.05, 3.63) is 18.2 Å². The number of carbonyl (C=O) groups is 3. The van der Waals surface area contributed by atoms with Crippen molar-refractivity contribution in [2.45, 2.75) is 51.0 Å². The first-order valence-corrected chi connectivity index (χ1v) is 9.48. The molecule has 1 aliphatic carbocycles. The number of esters is 1. The summed E-state index contributed by atoms with van der Waals surface area (Å²) in [6.07, 6.45) is 5.45. The summed E-state index contributed by atoms with van der Waals surface area (Å²) in [5, 5.41) is 5.55. The first-order chi connectivity index (χ1) is 13.5. The molecule has 0 aliphatic heterocycles. The van der Waals surface area contributed by atoms with Gasteiger partial charge in [-0.05, 0) is 25.0 Å². The van der Waals surface area contributed by atoms with Crippen LogP contribution in [-0.4, -0.2) is 44.7 Å². The quantitative estimate of drug-likeness (QED) is 0.626. The highest BCUT2D eigenvalue weighted by Gasteiger charge is 2.17. The lowest BCUT2D eigenvalue weighted by molar-refractivity contribution is -0.148. The van der Waals surface area contributed by atoms with Gasteiger partial charge >= 0.3 is 5.97 Å². The Hall–Kier alpha value is -2.77. The largest absolute Gasteiger partial charge is 0.497 e. The predicted molar refractivity (Wildman–Crippen MR) is 103 cm³/mol. The first-order valence-electron chi connectivity index (χ1n) is 9.48. The Morgan fingerprint density at radius 3 is 2.43 bits per heavy atom. The minimum atomic E-state index is -0.587. The monoisotopic (exact) mass is 392 g/mol. The number of hydrogen-bond donors (Lipinski definition) is 2. The number of methoxy groups -OCH3 is 2. The van der Waals surface area contributed by atoms with Gasteiger partial charge in [0.25, 0.3) is 5.91 Å². The lowest BCUT2D eigenvalue weighted by Gasteiger charge is -2.22. The van der Waals surface area contributed by atoms with Crippen LogP contribution in [0.25, 0.3) is 0 Å². The average Bonchev–Trinajstić information content (AvgIpc) is 2.71. The first kappa shape index (κ1) is 21.5. The van der Waals surface area contributed by atoms with Crippen LogP contribution in [0.2, 0.25) is 0 Å². The van der Waals surface area contributed by atoms with E-state index >= 15 is 0 Å². The summed E-state index contributed by atoms with van der Waals surface area (Å²) >= 11 is 0. The fourth-order valence-corrected chi connectivity index (χ4v) is 3.07. The molecule has 2 rings (SSSR count). The standard InChI is InChI=1S/C20H28N2O6/c1-26-15-8-9-16(17(12-15)27-2)22-19(24)13-28-20(25)11-10-18(23)21-14-6-4-3-5-7-14/h8-9,12,14H,3-7,10-11,13H2,1-2H3,(H,21,23)(H,22,24). The number of rotatable bonds is 9. The zero-order valence-electron chi connectivity index (χ0n) is 16.4. The van der Waals surface area contributed by atoms with Crippen molar-refractivity contribution in [2.75, 3.05) is 26.1 Å². The lowest BCUT2D eigenvalue weighted by Crippen LogP contribution is -2.36. The molecule has 8 heteroatoms. The van der Waals surface area contributed by atoms with Gasteiger partial charge in [-0.15, -0.1) is 0 Å². The van der Waals surface area contributed by atoms with Crippen LogP contribution < -0.4 is 20.1 Å². The molecule has 1 saturated carbocycles. The van der Waals surface area contributed by atoms with E-state index in [-0.39, 0.29) is 24.8 Å². The van der Waals surface area contributed by atoms with Crippen LogP contribution in [0.5, 0.6) is 11.5 Å². The van der Waals surface area contributed by atoms with Gasteiger partial charge in [-0.3, -0.25) is 14.4 Å². The van der Waals surface area contributed by atoms with Crippen LogP contribution >= 0.6 is 0 Å². The van der Waals surface area contributed by atoms with E-state index in [1.807, 2.05) is 0 Å². The van der Waals surface area contributed by atoms with Crippen molar-refractivity contribution in [1.29, 1.82) is 0 Å². The van der Waals surface area contributed by atoms with E-state index in [9.17, 15) is 14.4 Å². The van der Waals surface area contributed by atoms with Crippen molar-refractivity contribution in [3.63, 3.8) is 0 Å². The van der Waals surface area contributed by atoms with Crippen LogP contribution in [0.4, 0.5) is 5.69 Å². The summed E-state index contributed by atoms with van der Waals surface area (Å²) in [6.45, 7) is -0.432. The van der Waals surface area contributed by atoms with Crippen molar-refractivity contribution in [3.8, 4) is 11.5 Å². The molecule has 1 fully saturated rings. The lowest BCUT2D eigenvalue weighted by atomic mass is 9.95. The number of benzene rings is 1. The Bertz CT molecular complexity index is 685. The maximum Gasteiger partial charge on any atom is 0.306 e. The topological polar surface area (TPSA) is 103 Å². The van der Waals surface area contributed by atoms with Crippen LogP contribution in [0.3, 0.4) is 0 Å².